The summed E-state index contributed by atoms with van der Waals surface area (Å²) in [5.41, 5.74) is 1.25. The zero-order valence-corrected chi connectivity index (χ0v) is 17.9. The number of nitrogens with one attached hydrogen (secondary N) is 4. The molecule has 0 aliphatic rings. The van der Waals surface area contributed by atoms with Crippen molar-refractivity contribution in [1.82, 2.24) is 15.3 Å². The van der Waals surface area contributed by atoms with Crippen LogP contribution in [0.3, 0.4) is 0 Å². The van der Waals surface area contributed by atoms with E-state index in [0.717, 1.165) is 23.2 Å². The number of benzene rings is 2. The number of ether oxygens (including phenoxy) is 1. The van der Waals surface area contributed by atoms with Gasteiger partial charge in [0.2, 0.25) is 12.4 Å². The van der Waals surface area contributed by atoms with E-state index in [9.17, 15) is 22.8 Å². The molecule has 4 N–H and O–H groups in total. The number of amides is 3. The van der Waals surface area contributed by atoms with Crippen molar-refractivity contribution < 1.29 is 27.5 Å². The van der Waals surface area contributed by atoms with Crippen molar-refractivity contribution in [2.75, 3.05) is 31.4 Å². The van der Waals surface area contributed by atoms with Gasteiger partial charge in [-0.3, -0.25) is 10.1 Å². The number of H-pyrrole nitrogens is 1. The van der Waals surface area contributed by atoms with Gasteiger partial charge in [0.1, 0.15) is 0 Å². The molecule has 1 aromatic heterocycles. The Morgan fingerprint density at radius 1 is 1.22 bits per heavy atom. The Bertz CT molecular complexity index is 1070. The average molecular weight is 472 g/mol. The van der Waals surface area contributed by atoms with Gasteiger partial charge in [-0.25, -0.2) is 9.78 Å². The van der Waals surface area contributed by atoms with Crippen LogP contribution in [-0.4, -0.2) is 43.2 Å². The molecule has 2 aromatic carbocycles. The molecule has 0 saturated heterocycles. The van der Waals surface area contributed by atoms with E-state index in [1.807, 2.05) is 12.1 Å². The lowest BCUT2D eigenvalue weighted by molar-refractivity contribution is -0.137. The summed E-state index contributed by atoms with van der Waals surface area (Å²) in [6, 6.07) is 7.92. The van der Waals surface area contributed by atoms with Crippen LogP contribution < -0.4 is 16.0 Å². The number of nitrogens with zero attached hydrogens (tertiary/aromatic N) is 1. The molecule has 0 radical (unpaired) electrons. The van der Waals surface area contributed by atoms with E-state index in [-0.39, 0.29) is 12.2 Å². The van der Waals surface area contributed by atoms with Gasteiger partial charge in [0.05, 0.1) is 21.6 Å². The predicted molar refractivity (Wildman–Crippen MR) is 116 cm³/mol. The first-order chi connectivity index (χ1) is 15.2. The van der Waals surface area contributed by atoms with Gasteiger partial charge < -0.3 is 20.4 Å². The minimum Gasteiger partial charge on any atom is -0.388 e. The highest BCUT2D eigenvalue weighted by Gasteiger charge is 2.33. The number of halogens is 4. The number of alkyl halides is 3. The smallest absolute Gasteiger partial charge is 0.388 e. The molecule has 0 spiro atoms. The molecule has 0 bridgehead atoms. The zero-order valence-electron chi connectivity index (χ0n) is 17.1. The first-order valence-corrected chi connectivity index (χ1v) is 9.56. The molecule has 0 fully saturated rings. The van der Waals surface area contributed by atoms with Crippen LogP contribution in [-0.2, 0) is 22.1 Å². The third-order valence-corrected chi connectivity index (χ3v) is 4.30. The number of carbonyl (C=O) groups excluding carboxylic acids is 2. The Labute approximate surface area is 186 Å². The molecule has 0 atom stereocenters. The highest BCUT2D eigenvalue weighted by Crippen LogP contribution is 2.36. The Morgan fingerprint density at radius 3 is 2.59 bits per heavy atom. The van der Waals surface area contributed by atoms with Crippen molar-refractivity contribution in [2.45, 2.75) is 12.6 Å². The summed E-state index contributed by atoms with van der Waals surface area (Å²) < 4.78 is 42.9. The van der Waals surface area contributed by atoms with Crippen LogP contribution in [0.4, 0.5) is 29.6 Å². The second-order valence-electron chi connectivity index (χ2n) is 6.43. The number of carbonyl (C=O) groups is 2. The SMILES string of the molecule is COC.O=CNc1nc2ccc(CCNC(=O)Nc3ccc(Cl)c(C(F)(F)F)c3)cc2[nH]1. The van der Waals surface area contributed by atoms with Crippen molar-refractivity contribution in [3.05, 3.63) is 52.5 Å². The first kappa shape index (κ1) is 25.0. The van der Waals surface area contributed by atoms with Gasteiger partial charge in [-0.1, -0.05) is 17.7 Å². The van der Waals surface area contributed by atoms with Crippen LogP contribution in [0.15, 0.2) is 36.4 Å². The van der Waals surface area contributed by atoms with Gasteiger partial charge in [0.25, 0.3) is 0 Å². The van der Waals surface area contributed by atoms with Gasteiger partial charge in [-0.2, -0.15) is 13.2 Å². The Kier molecular flexibility index (Phi) is 8.85. The van der Waals surface area contributed by atoms with Gasteiger partial charge in [0, 0.05) is 26.5 Å². The maximum atomic E-state index is 12.9. The maximum Gasteiger partial charge on any atom is 0.417 e. The number of anilines is 2. The van der Waals surface area contributed by atoms with E-state index in [1.54, 1.807) is 20.3 Å². The molecule has 3 amide bonds. The summed E-state index contributed by atoms with van der Waals surface area (Å²) in [7, 11) is 3.25. The number of rotatable bonds is 6. The Balaban J connectivity index is 0.00000114. The Morgan fingerprint density at radius 2 is 1.94 bits per heavy atom. The van der Waals surface area contributed by atoms with Gasteiger partial charge in [0.15, 0.2) is 0 Å². The molecule has 8 nitrogen and oxygen atoms in total. The molecular weight excluding hydrogens is 451 g/mol. The molecule has 0 aliphatic heterocycles. The van der Waals surface area contributed by atoms with E-state index < -0.39 is 22.8 Å². The minimum absolute atomic E-state index is 0.0201. The summed E-state index contributed by atoms with van der Waals surface area (Å²) in [4.78, 5) is 29.5. The molecule has 1 heterocycles. The van der Waals surface area contributed by atoms with E-state index in [0.29, 0.717) is 24.3 Å². The third kappa shape index (κ3) is 7.13. The number of aromatic nitrogens is 2. The molecule has 32 heavy (non-hydrogen) atoms. The van der Waals surface area contributed by atoms with Crippen molar-refractivity contribution in [2.24, 2.45) is 0 Å². The van der Waals surface area contributed by atoms with E-state index in [4.69, 9.17) is 11.6 Å². The van der Waals surface area contributed by atoms with Crippen molar-refractivity contribution in [3.63, 3.8) is 0 Å². The van der Waals surface area contributed by atoms with Crippen LogP contribution in [0.5, 0.6) is 0 Å². The molecule has 3 rings (SSSR count). The van der Waals surface area contributed by atoms with Gasteiger partial charge >= 0.3 is 12.2 Å². The number of hydrogen-bond donors (Lipinski definition) is 4. The summed E-state index contributed by atoms with van der Waals surface area (Å²) in [6.45, 7) is 0.255. The molecule has 0 aliphatic carbocycles. The fourth-order valence-electron chi connectivity index (χ4n) is 2.65. The van der Waals surface area contributed by atoms with E-state index in [1.165, 1.54) is 6.07 Å². The van der Waals surface area contributed by atoms with Gasteiger partial charge in [-0.05, 0) is 42.3 Å². The van der Waals surface area contributed by atoms with Crippen LogP contribution in [0, 0.1) is 0 Å². The summed E-state index contributed by atoms with van der Waals surface area (Å²) in [5.74, 6) is 0.325. The van der Waals surface area contributed by atoms with E-state index in [2.05, 4.69) is 30.7 Å². The predicted octanol–water partition coefficient (Wildman–Crippen LogP) is 4.43. The number of urea groups is 1. The van der Waals surface area contributed by atoms with Crippen molar-refractivity contribution in [1.29, 1.82) is 0 Å². The lowest BCUT2D eigenvalue weighted by Gasteiger charge is -2.12. The summed E-state index contributed by atoms with van der Waals surface area (Å²) >= 11 is 5.55. The first-order valence-electron chi connectivity index (χ1n) is 9.18. The molecule has 172 valence electrons. The fourth-order valence-corrected chi connectivity index (χ4v) is 2.88. The lowest BCUT2D eigenvalue weighted by Crippen LogP contribution is -2.30. The largest absolute Gasteiger partial charge is 0.417 e. The molecule has 12 heteroatoms. The summed E-state index contributed by atoms with van der Waals surface area (Å²) in [6.07, 6.45) is -3.62. The topological polar surface area (TPSA) is 108 Å². The number of hydrogen-bond acceptors (Lipinski definition) is 4. The average Bonchev–Trinajstić information content (AvgIpc) is 3.11. The second-order valence-corrected chi connectivity index (χ2v) is 6.84. The van der Waals surface area contributed by atoms with Crippen LogP contribution >= 0.6 is 11.6 Å². The second kappa shape index (κ2) is 11.3. The van der Waals surface area contributed by atoms with Gasteiger partial charge in [-0.15, -0.1) is 0 Å². The standard InChI is InChI=1S/C18H15ClF3N5O2.C2H6O/c19-13-3-2-11(8-12(13)18(20,21)22)25-17(29)23-6-5-10-1-4-14-15(7-10)27-16(26-14)24-9-28;1-3-2/h1-4,7-9H,5-6H2,(H2,23,25,29)(H2,24,26,27,28);1-2H3. The zero-order chi connectivity index (χ0) is 23.7. The molecule has 0 saturated carbocycles. The molecule has 0 unspecified atom stereocenters. The Hall–Kier alpha value is -3.31. The minimum atomic E-state index is -4.61. The van der Waals surface area contributed by atoms with Crippen LogP contribution in [0.2, 0.25) is 5.02 Å². The normalized spacial score (nSPS) is 10.8. The van der Waals surface area contributed by atoms with E-state index >= 15 is 0 Å². The monoisotopic (exact) mass is 471 g/mol. The number of aromatic amines is 1. The number of imidazole rings is 1. The summed E-state index contributed by atoms with van der Waals surface area (Å²) in [5, 5.41) is 6.91. The highest BCUT2D eigenvalue weighted by molar-refractivity contribution is 6.31. The lowest BCUT2D eigenvalue weighted by atomic mass is 10.1. The fraction of sp³-hybridized carbons (Fsp3) is 0.250. The molecule has 3 aromatic rings. The van der Waals surface area contributed by atoms with Crippen molar-refractivity contribution >= 4 is 46.7 Å². The number of fused-ring (bicyclic) bond motifs is 1. The number of methoxy groups -OCH3 is 1. The maximum absolute atomic E-state index is 12.9. The third-order valence-electron chi connectivity index (χ3n) is 3.97. The van der Waals surface area contributed by atoms with Crippen LogP contribution in [0.25, 0.3) is 11.0 Å². The quantitative estimate of drug-likeness (QED) is 0.399. The highest BCUT2D eigenvalue weighted by atomic mass is 35.5. The molecular formula is C20H21ClF3N5O3. The van der Waals surface area contributed by atoms with Crippen molar-refractivity contribution in [3.8, 4) is 0 Å². The van der Waals surface area contributed by atoms with Crippen LogP contribution in [0.1, 0.15) is 11.1 Å².